The Hall–Kier alpha value is -3.29. The number of amides is 1. The van der Waals surface area contributed by atoms with E-state index in [0.29, 0.717) is 0 Å². The van der Waals surface area contributed by atoms with Gasteiger partial charge in [-0.2, -0.15) is 0 Å². The van der Waals surface area contributed by atoms with Gasteiger partial charge in [0.1, 0.15) is 18.2 Å². The Bertz CT molecular complexity index is 1100. The van der Waals surface area contributed by atoms with Gasteiger partial charge in [-0.1, -0.05) is 12.1 Å². The highest BCUT2D eigenvalue weighted by atomic mass is 19.1. The molecule has 0 fully saturated rings. The van der Waals surface area contributed by atoms with Gasteiger partial charge in [0.25, 0.3) is 5.56 Å². The third kappa shape index (κ3) is 3.06. The number of nitrogens with zero attached hydrogens (tertiary/aromatic N) is 2. The Labute approximate surface area is 139 Å². The molecule has 0 bridgehead atoms. The number of nitrogens with one attached hydrogen (secondary N) is 1. The van der Waals surface area contributed by atoms with Crippen molar-refractivity contribution in [2.75, 3.05) is 5.32 Å². The van der Waals surface area contributed by atoms with Crippen LogP contribution in [-0.2, 0) is 18.4 Å². The number of anilines is 1. The van der Waals surface area contributed by atoms with Gasteiger partial charge in [-0.3, -0.25) is 18.7 Å². The second kappa shape index (κ2) is 6.31. The van der Waals surface area contributed by atoms with Gasteiger partial charge in [0.2, 0.25) is 5.91 Å². The van der Waals surface area contributed by atoms with E-state index in [-0.39, 0.29) is 16.6 Å². The predicted octanol–water partition coefficient (Wildman–Crippen LogP) is 1.62. The highest BCUT2D eigenvalue weighted by molar-refractivity contribution is 5.91. The van der Waals surface area contributed by atoms with Gasteiger partial charge in [0.05, 0.1) is 16.6 Å². The largest absolute Gasteiger partial charge is 0.331 e. The van der Waals surface area contributed by atoms with E-state index in [0.717, 1.165) is 27.3 Å². The van der Waals surface area contributed by atoms with Crippen LogP contribution in [0.4, 0.5) is 14.5 Å². The molecule has 0 aliphatic carbocycles. The summed E-state index contributed by atoms with van der Waals surface area (Å²) < 4.78 is 28.8. The zero-order valence-corrected chi connectivity index (χ0v) is 13.1. The summed E-state index contributed by atoms with van der Waals surface area (Å²) in [6.07, 6.45) is 0. The molecule has 0 saturated carbocycles. The number of carbonyl (C=O) groups is 1. The van der Waals surface area contributed by atoms with Crippen molar-refractivity contribution in [2.45, 2.75) is 6.54 Å². The standard InChI is InChI=1S/C17H13F2N3O3/c1-21-16(24)11-4-2-3-5-14(11)22(17(21)25)9-15(23)20-13-8-10(18)6-7-12(13)19/h2-8H,9H2,1H3,(H,20,23). The molecule has 0 spiro atoms. The SMILES string of the molecule is Cn1c(=O)c2ccccc2n(CC(=O)Nc2cc(F)ccc2F)c1=O. The molecule has 1 aromatic heterocycles. The molecule has 25 heavy (non-hydrogen) atoms. The van der Waals surface area contributed by atoms with E-state index >= 15 is 0 Å². The zero-order chi connectivity index (χ0) is 18.1. The normalized spacial score (nSPS) is 10.8. The molecule has 3 aromatic rings. The van der Waals surface area contributed by atoms with Gasteiger partial charge >= 0.3 is 5.69 Å². The van der Waals surface area contributed by atoms with Crippen LogP contribution in [0.15, 0.2) is 52.1 Å². The van der Waals surface area contributed by atoms with Crippen LogP contribution in [0.5, 0.6) is 0 Å². The summed E-state index contributed by atoms with van der Waals surface area (Å²) >= 11 is 0. The van der Waals surface area contributed by atoms with Crippen LogP contribution in [0.2, 0.25) is 0 Å². The maximum Gasteiger partial charge on any atom is 0.331 e. The van der Waals surface area contributed by atoms with Crippen LogP contribution < -0.4 is 16.6 Å². The quantitative estimate of drug-likeness (QED) is 0.784. The predicted molar refractivity (Wildman–Crippen MR) is 88.4 cm³/mol. The number of hydrogen-bond acceptors (Lipinski definition) is 3. The summed E-state index contributed by atoms with van der Waals surface area (Å²) in [7, 11) is 1.30. The Kier molecular flexibility index (Phi) is 4.18. The topological polar surface area (TPSA) is 73.1 Å². The number of rotatable bonds is 3. The summed E-state index contributed by atoms with van der Waals surface area (Å²) in [5.74, 6) is -2.23. The molecule has 128 valence electrons. The third-order valence-corrected chi connectivity index (χ3v) is 3.75. The van der Waals surface area contributed by atoms with E-state index in [2.05, 4.69) is 5.32 Å². The average Bonchev–Trinajstić information content (AvgIpc) is 2.60. The molecular weight excluding hydrogens is 332 g/mol. The van der Waals surface area contributed by atoms with Crippen molar-refractivity contribution in [1.29, 1.82) is 0 Å². The van der Waals surface area contributed by atoms with Crippen molar-refractivity contribution in [2.24, 2.45) is 7.05 Å². The van der Waals surface area contributed by atoms with Crippen LogP contribution in [0.1, 0.15) is 0 Å². The molecule has 0 atom stereocenters. The molecule has 0 aliphatic rings. The summed E-state index contributed by atoms with van der Waals surface area (Å²) in [6, 6.07) is 9.00. The first-order chi connectivity index (χ1) is 11.9. The molecule has 0 radical (unpaired) electrons. The Morgan fingerprint density at radius 2 is 1.84 bits per heavy atom. The molecule has 1 N–H and O–H groups in total. The van der Waals surface area contributed by atoms with E-state index < -0.39 is 35.3 Å². The van der Waals surface area contributed by atoms with Crippen LogP contribution in [0.3, 0.4) is 0 Å². The zero-order valence-electron chi connectivity index (χ0n) is 13.1. The van der Waals surface area contributed by atoms with Gasteiger partial charge < -0.3 is 5.32 Å². The van der Waals surface area contributed by atoms with Crippen LogP contribution in [0.25, 0.3) is 10.9 Å². The second-order valence-corrected chi connectivity index (χ2v) is 5.42. The summed E-state index contributed by atoms with van der Waals surface area (Å²) in [4.78, 5) is 36.6. The maximum atomic E-state index is 13.6. The summed E-state index contributed by atoms with van der Waals surface area (Å²) in [5, 5.41) is 2.50. The number of aromatic nitrogens is 2. The summed E-state index contributed by atoms with van der Waals surface area (Å²) in [6.45, 7) is -0.455. The van der Waals surface area contributed by atoms with E-state index in [4.69, 9.17) is 0 Å². The number of benzene rings is 2. The number of carbonyl (C=O) groups excluding carboxylic acids is 1. The van der Waals surface area contributed by atoms with Gasteiger partial charge in [-0.15, -0.1) is 0 Å². The number of hydrogen-bond donors (Lipinski definition) is 1. The molecule has 3 rings (SSSR count). The van der Waals surface area contributed by atoms with E-state index in [1.165, 1.54) is 19.2 Å². The van der Waals surface area contributed by atoms with Crippen molar-refractivity contribution < 1.29 is 13.6 Å². The van der Waals surface area contributed by atoms with Gasteiger partial charge in [-0.05, 0) is 24.3 Å². The molecule has 0 unspecified atom stereocenters. The van der Waals surface area contributed by atoms with Crippen LogP contribution >= 0.6 is 0 Å². The minimum absolute atomic E-state index is 0.273. The van der Waals surface area contributed by atoms with E-state index in [9.17, 15) is 23.2 Å². The fourth-order valence-electron chi connectivity index (χ4n) is 2.52. The summed E-state index contributed by atoms with van der Waals surface area (Å²) in [5.41, 5.74) is -1.20. The maximum absolute atomic E-state index is 13.6. The Morgan fingerprint density at radius 1 is 1.12 bits per heavy atom. The first-order valence-electron chi connectivity index (χ1n) is 7.32. The first-order valence-corrected chi connectivity index (χ1v) is 7.32. The van der Waals surface area contributed by atoms with Crippen molar-refractivity contribution in [3.63, 3.8) is 0 Å². The minimum atomic E-state index is -0.799. The molecule has 0 saturated heterocycles. The highest BCUT2D eigenvalue weighted by Crippen LogP contribution is 2.15. The number of para-hydroxylation sites is 1. The molecule has 1 amide bonds. The molecule has 2 aromatic carbocycles. The second-order valence-electron chi connectivity index (χ2n) is 5.42. The monoisotopic (exact) mass is 345 g/mol. The molecule has 1 heterocycles. The lowest BCUT2D eigenvalue weighted by atomic mass is 10.2. The minimum Gasteiger partial charge on any atom is -0.322 e. The van der Waals surface area contributed by atoms with E-state index in [1.807, 2.05) is 0 Å². The van der Waals surface area contributed by atoms with Gasteiger partial charge in [0.15, 0.2) is 0 Å². The molecular formula is C17H13F2N3O3. The van der Waals surface area contributed by atoms with Crippen molar-refractivity contribution in [3.05, 3.63) is 74.9 Å². The van der Waals surface area contributed by atoms with Crippen LogP contribution in [-0.4, -0.2) is 15.0 Å². The lowest BCUT2D eigenvalue weighted by molar-refractivity contribution is -0.116. The fourth-order valence-corrected chi connectivity index (χ4v) is 2.52. The third-order valence-electron chi connectivity index (χ3n) is 3.75. The lowest BCUT2D eigenvalue weighted by Gasteiger charge is -2.12. The van der Waals surface area contributed by atoms with Crippen molar-refractivity contribution >= 4 is 22.5 Å². The lowest BCUT2D eigenvalue weighted by Crippen LogP contribution is -2.40. The van der Waals surface area contributed by atoms with Gasteiger partial charge in [-0.25, -0.2) is 13.6 Å². The molecule has 0 aliphatic heterocycles. The Balaban J connectivity index is 2.01. The van der Waals surface area contributed by atoms with Gasteiger partial charge in [0, 0.05) is 13.1 Å². The molecule has 6 nitrogen and oxygen atoms in total. The molecule has 8 heteroatoms. The smallest absolute Gasteiger partial charge is 0.322 e. The average molecular weight is 345 g/mol. The van der Waals surface area contributed by atoms with E-state index in [1.54, 1.807) is 12.1 Å². The van der Waals surface area contributed by atoms with Crippen LogP contribution in [0, 0.1) is 11.6 Å². The van der Waals surface area contributed by atoms with Crippen molar-refractivity contribution in [3.8, 4) is 0 Å². The number of halogens is 2. The van der Waals surface area contributed by atoms with Crippen molar-refractivity contribution in [1.82, 2.24) is 9.13 Å². The highest BCUT2D eigenvalue weighted by Gasteiger charge is 2.14. The first kappa shape index (κ1) is 16.6. The number of fused-ring (bicyclic) bond motifs is 1. The fraction of sp³-hybridized carbons (Fsp3) is 0.118. The Morgan fingerprint density at radius 3 is 2.60 bits per heavy atom.